The summed E-state index contributed by atoms with van der Waals surface area (Å²) in [6.07, 6.45) is -0.819. The monoisotopic (exact) mass is 395 g/mol. The van der Waals surface area contributed by atoms with Crippen LogP contribution in [-0.4, -0.2) is 31.7 Å². The molecule has 0 aliphatic carbocycles. The zero-order chi connectivity index (χ0) is 19.5. The number of carbonyl (C=O) groups excluding carboxylic acids is 2. The molecule has 1 amide bonds. The zero-order valence-electron chi connectivity index (χ0n) is 15.0. The number of anilines is 1. The van der Waals surface area contributed by atoms with E-state index in [1.807, 2.05) is 42.5 Å². The molecule has 0 fully saturated rings. The summed E-state index contributed by atoms with van der Waals surface area (Å²) in [5.74, 6) is 0.215. The Morgan fingerprint density at radius 1 is 1.07 bits per heavy atom. The van der Waals surface area contributed by atoms with Crippen LogP contribution in [0.15, 0.2) is 60.7 Å². The van der Waals surface area contributed by atoms with Crippen molar-refractivity contribution in [2.24, 2.45) is 0 Å². The summed E-state index contributed by atoms with van der Waals surface area (Å²) in [6, 6.07) is 18.6. The molecule has 1 atom stereocenters. The fraction of sp³-hybridized carbons (Fsp3) is 0.143. The van der Waals surface area contributed by atoms with E-state index >= 15 is 0 Å². The van der Waals surface area contributed by atoms with Gasteiger partial charge in [-0.1, -0.05) is 42.5 Å². The molecule has 0 radical (unpaired) electrons. The van der Waals surface area contributed by atoms with Crippen LogP contribution >= 0.6 is 11.3 Å². The van der Waals surface area contributed by atoms with Crippen LogP contribution in [0.25, 0.3) is 10.4 Å². The Morgan fingerprint density at radius 3 is 2.54 bits per heavy atom. The molecule has 3 aromatic rings. The minimum Gasteiger partial charge on any atom is -0.485 e. The highest BCUT2D eigenvalue weighted by molar-refractivity contribution is 7.18. The maximum Gasteiger partial charge on any atom is 0.350 e. The van der Waals surface area contributed by atoms with E-state index in [-0.39, 0.29) is 6.61 Å². The predicted octanol–water partition coefficient (Wildman–Crippen LogP) is 3.98. The van der Waals surface area contributed by atoms with Crippen LogP contribution in [0.1, 0.15) is 9.67 Å². The molecule has 1 unspecified atom stereocenters. The number of benzene rings is 2. The number of para-hydroxylation sites is 2. The molecule has 0 spiro atoms. The third-order valence-corrected chi connectivity index (χ3v) is 5.38. The van der Waals surface area contributed by atoms with Crippen molar-refractivity contribution in [3.63, 3.8) is 0 Å². The lowest BCUT2D eigenvalue weighted by atomic mass is 10.2. The smallest absolute Gasteiger partial charge is 0.350 e. The molecule has 0 saturated heterocycles. The first-order valence-corrected chi connectivity index (χ1v) is 9.44. The number of esters is 1. The van der Waals surface area contributed by atoms with E-state index in [1.54, 1.807) is 18.2 Å². The molecule has 142 valence electrons. The Kier molecular flexibility index (Phi) is 4.99. The van der Waals surface area contributed by atoms with Gasteiger partial charge in [-0.2, -0.15) is 0 Å². The highest BCUT2D eigenvalue weighted by Crippen LogP contribution is 2.36. The predicted molar refractivity (Wildman–Crippen MR) is 106 cm³/mol. The van der Waals surface area contributed by atoms with E-state index in [9.17, 15) is 9.59 Å². The maximum absolute atomic E-state index is 12.7. The zero-order valence-corrected chi connectivity index (χ0v) is 15.8. The van der Waals surface area contributed by atoms with Gasteiger partial charge < -0.3 is 19.5 Å². The van der Waals surface area contributed by atoms with Crippen molar-refractivity contribution in [3.8, 4) is 21.9 Å². The van der Waals surface area contributed by atoms with Gasteiger partial charge in [0.25, 0.3) is 5.91 Å². The molecular weight excluding hydrogens is 378 g/mol. The van der Waals surface area contributed by atoms with E-state index in [1.165, 1.54) is 18.4 Å². The van der Waals surface area contributed by atoms with Crippen molar-refractivity contribution in [1.29, 1.82) is 0 Å². The van der Waals surface area contributed by atoms with Gasteiger partial charge in [-0.15, -0.1) is 11.3 Å². The molecule has 7 heteroatoms. The van der Waals surface area contributed by atoms with Gasteiger partial charge in [0.15, 0.2) is 11.5 Å². The lowest BCUT2D eigenvalue weighted by molar-refractivity contribution is -0.125. The number of carbonyl (C=O) groups is 2. The Balaban J connectivity index is 1.58. The minimum atomic E-state index is -0.819. The highest BCUT2D eigenvalue weighted by Gasteiger charge is 2.29. The third-order valence-electron chi connectivity index (χ3n) is 4.22. The Labute approximate surface area is 165 Å². The van der Waals surface area contributed by atoms with Gasteiger partial charge in [0.05, 0.1) is 12.8 Å². The quantitative estimate of drug-likeness (QED) is 0.677. The van der Waals surface area contributed by atoms with Crippen molar-refractivity contribution in [2.75, 3.05) is 19.0 Å². The number of nitrogens with one attached hydrogen (secondary N) is 1. The molecule has 2 aromatic carbocycles. The molecule has 0 bridgehead atoms. The van der Waals surface area contributed by atoms with E-state index < -0.39 is 18.0 Å². The first kappa shape index (κ1) is 18.1. The minimum absolute atomic E-state index is 0.0894. The largest absolute Gasteiger partial charge is 0.485 e. The average molecular weight is 395 g/mol. The number of ether oxygens (including phenoxy) is 3. The van der Waals surface area contributed by atoms with Gasteiger partial charge in [0.1, 0.15) is 11.5 Å². The van der Waals surface area contributed by atoms with Crippen LogP contribution in [0.5, 0.6) is 11.5 Å². The number of hydrogen-bond donors (Lipinski definition) is 1. The molecule has 0 saturated carbocycles. The van der Waals surface area contributed by atoms with Crippen molar-refractivity contribution >= 4 is 28.9 Å². The van der Waals surface area contributed by atoms with Crippen LogP contribution in [-0.2, 0) is 9.53 Å². The second-order valence-corrected chi connectivity index (χ2v) is 7.12. The first-order valence-electron chi connectivity index (χ1n) is 8.62. The third kappa shape index (κ3) is 3.57. The molecule has 2 heterocycles. The summed E-state index contributed by atoms with van der Waals surface area (Å²) in [5.41, 5.74) is 1.34. The fourth-order valence-corrected chi connectivity index (χ4v) is 3.87. The van der Waals surface area contributed by atoms with Gasteiger partial charge in [-0.3, -0.25) is 4.79 Å². The van der Waals surface area contributed by atoms with Crippen molar-refractivity contribution in [2.45, 2.75) is 6.10 Å². The van der Waals surface area contributed by atoms with E-state index in [2.05, 4.69) is 5.32 Å². The van der Waals surface area contributed by atoms with E-state index in [4.69, 9.17) is 14.2 Å². The molecule has 1 aromatic heterocycles. The number of hydrogen-bond acceptors (Lipinski definition) is 6. The molecule has 1 N–H and O–H groups in total. The highest BCUT2D eigenvalue weighted by atomic mass is 32.1. The van der Waals surface area contributed by atoms with Crippen molar-refractivity contribution < 1.29 is 23.8 Å². The van der Waals surface area contributed by atoms with Gasteiger partial charge in [-0.05, 0) is 23.8 Å². The van der Waals surface area contributed by atoms with Crippen LogP contribution in [0.3, 0.4) is 0 Å². The van der Waals surface area contributed by atoms with Crippen LogP contribution < -0.4 is 14.8 Å². The number of thiophene rings is 1. The van der Waals surface area contributed by atoms with Crippen LogP contribution in [0.2, 0.25) is 0 Å². The van der Waals surface area contributed by atoms with Crippen LogP contribution in [0, 0.1) is 0 Å². The summed E-state index contributed by atoms with van der Waals surface area (Å²) in [6.45, 7) is 0.0894. The molecule has 28 heavy (non-hydrogen) atoms. The number of amides is 1. The lowest BCUT2D eigenvalue weighted by Gasteiger charge is -2.25. The lowest BCUT2D eigenvalue weighted by Crippen LogP contribution is -2.40. The summed E-state index contributed by atoms with van der Waals surface area (Å²) < 4.78 is 16.2. The Bertz CT molecular complexity index is 1010. The summed E-state index contributed by atoms with van der Waals surface area (Å²) in [5, 5.41) is 2.78. The molecular formula is C21H17NO5S. The molecule has 1 aliphatic rings. The topological polar surface area (TPSA) is 73.9 Å². The van der Waals surface area contributed by atoms with Gasteiger partial charge in [-0.25, -0.2) is 4.79 Å². The second kappa shape index (κ2) is 7.74. The number of methoxy groups -OCH3 is 1. The normalized spacial score (nSPS) is 15.0. The molecule has 1 aliphatic heterocycles. The Morgan fingerprint density at radius 2 is 1.79 bits per heavy atom. The Hall–Kier alpha value is -3.32. The molecule has 4 rings (SSSR count). The van der Waals surface area contributed by atoms with Crippen LogP contribution in [0.4, 0.5) is 5.69 Å². The van der Waals surface area contributed by atoms with E-state index in [0.717, 1.165) is 10.4 Å². The van der Waals surface area contributed by atoms with E-state index in [0.29, 0.717) is 22.1 Å². The average Bonchev–Trinajstić information content (AvgIpc) is 3.17. The molecule has 6 nitrogen and oxygen atoms in total. The SMILES string of the molecule is COC(=O)c1sc(-c2ccccc2)cc1NC(=O)C1COc2ccccc2O1. The van der Waals surface area contributed by atoms with Crippen molar-refractivity contribution in [3.05, 3.63) is 65.5 Å². The second-order valence-electron chi connectivity index (χ2n) is 6.06. The maximum atomic E-state index is 12.7. The van der Waals surface area contributed by atoms with Gasteiger partial charge in [0.2, 0.25) is 6.10 Å². The first-order chi connectivity index (χ1) is 13.7. The van der Waals surface area contributed by atoms with Crippen molar-refractivity contribution in [1.82, 2.24) is 0 Å². The van der Waals surface area contributed by atoms with Gasteiger partial charge >= 0.3 is 5.97 Å². The fourth-order valence-electron chi connectivity index (χ4n) is 2.83. The summed E-state index contributed by atoms with van der Waals surface area (Å²) >= 11 is 1.26. The number of fused-ring (bicyclic) bond motifs is 1. The summed E-state index contributed by atoms with van der Waals surface area (Å²) in [4.78, 5) is 26.1. The standard InChI is InChI=1S/C21H17NO5S/c1-25-21(24)19-14(11-18(28-19)13-7-3-2-4-8-13)22-20(23)17-12-26-15-9-5-6-10-16(15)27-17/h2-11,17H,12H2,1H3,(H,22,23). The number of rotatable bonds is 4. The van der Waals surface area contributed by atoms with Gasteiger partial charge in [0, 0.05) is 4.88 Å². The summed E-state index contributed by atoms with van der Waals surface area (Å²) in [7, 11) is 1.31.